The van der Waals surface area contributed by atoms with Crippen molar-refractivity contribution in [3.63, 3.8) is 0 Å². The fraction of sp³-hybridized carbons (Fsp3) is 0.143. The topological polar surface area (TPSA) is 96.1 Å². The van der Waals surface area contributed by atoms with E-state index in [0.717, 1.165) is 16.8 Å². The molecular weight excluding hydrogens is 504 g/mol. The van der Waals surface area contributed by atoms with Gasteiger partial charge in [0.25, 0.3) is 5.91 Å². The van der Waals surface area contributed by atoms with Crippen LogP contribution in [-0.2, 0) is 13.1 Å². The maximum absolute atomic E-state index is 13.3. The Hall–Kier alpha value is -4.63. The van der Waals surface area contributed by atoms with E-state index in [2.05, 4.69) is 15.6 Å². The van der Waals surface area contributed by atoms with Crippen LogP contribution in [0, 0.1) is 0 Å². The van der Waals surface area contributed by atoms with E-state index in [1.54, 1.807) is 48.1 Å². The van der Waals surface area contributed by atoms with Crippen molar-refractivity contribution in [1.82, 2.24) is 30.1 Å². The number of halogens is 1. The number of benzene rings is 3. The smallest absolute Gasteiger partial charge is 0.255 e. The van der Waals surface area contributed by atoms with Crippen LogP contribution in [0.5, 0.6) is 11.5 Å². The molecule has 0 aliphatic heterocycles. The van der Waals surface area contributed by atoms with Crippen LogP contribution in [0.15, 0.2) is 85.2 Å². The first-order valence-electron chi connectivity index (χ1n) is 11.8. The number of hydrogen-bond donors (Lipinski definition) is 1. The van der Waals surface area contributed by atoms with Gasteiger partial charge in [-0.1, -0.05) is 47.1 Å². The largest absolute Gasteiger partial charge is 0.497 e. The Kier molecular flexibility index (Phi) is 7.37. The highest BCUT2D eigenvalue weighted by molar-refractivity contribution is 6.30. The van der Waals surface area contributed by atoms with Gasteiger partial charge in [-0.05, 0) is 42.0 Å². The van der Waals surface area contributed by atoms with Gasteiger partial charge in [-0.2, -0.15) is 5.10 Å². The Morgan fingerprint density at radius 3 is 2.34 bits per heavy atom. The summed E-state index contributed by atoms with van der Waals surface area (Å²) in [5.41, 5.74) is 4.19. The van der Waals surface area contributed by atoms with E-state index >= 15 is 0 Å². The predicted octanol–water partition coefficient (Wildman–Crippen LogP) is 4.78. The van der Waals surface area contributed by atoms with Crippen molar-refractivity contribution in [2.45, 2.75) is 13.1 Å². The van der Waals surface area contributed by atoms with Gasteiger partial charge in [0.1, 0.15) is 22.9 Å². The number of carbonyl (C=O) groups is 1. The molecule has 1 amide bonds. The predicted molar refractivity (Wildman–Crippen MR) is 144 cm³/mol. The molecule has 5 aromatic rings. The number of carbonyl (C=O) groups excluding carboxylic acids is 1. The van der Waals surface area contributed by atoms with Crippen LogP contribution in [0.4, 0.5) is 0 Å². The average molecular weight is 529 g/mol. The van der Waals surface area contributed by atoms with Crippen molar-refractivity contribution in [2.75, 3.05) is 14.2 Å². The number of aromatic nitrogens is 5. The van der Waals surface area contributed by atoms with Crippen LogP contribution in [0.1, 0.15) is 21.6 Å². The molecule has 2 aromatic heterocycles. The Morgan fingerprint density at radius 1 is 0.947 bits per heavy atom. The Morgan fingerprint density at radius 2 is 1.66 bits per heavy atom. The fourth-order valence-electron chi connectivity index (χ4n) is 3.98. The summed E-state index contributed by atoms with van der Waals surface area (Å²) in [7, 11) is 3.22. The van der Waals surface area contributed by atoms with Crippen molar-refractivity contribution >= 4 is 17.5 Å². The van der Waals surface area contributed by atoms with Crippen molar-refractivity contribution in [3.05, 3.63) is 107 Å². The maximum atomic E-state index is 13.3. The number of rotatable bonds is 9. The Balaban J connectivity index is 1.33. The monoisotopic (exact) mass is 528 g/mol. The van der Waals surface area contributed by atoms with Crippen molar-refractivity contribution < 1.29 is 14.3 Å². The van der Waals surface area contributed by atoms with Crippen LogP contribution in [0.25, 0.3) is 16.9 Å². The van der Waals surface area contributed by atoms with E-state index in [9.17, 15) is 4.79 Å². The summed E-state index contributed by atoms with van der Waals surface area (Å²) in [4.78, 5) is 13.3. The normalized spacial score (nSPS) is 10.8. The number of hydrogen-bond acceptors (Lipinski definition) is 6. The lowest BCUT2D eigenvalue weighted by Gasteiger charge is -2.08. The van der Waals surface area contributed by atoms with Gasteiger partial charge in [0.2, 0.25) is 0 Å². The minimum absolute atomic E-state index is 0.205. The highest BCUT2D eigenvalue weighted by atomic mass is 35.5. The summed E-state index contributed by atoms with van der Waals surface area (Å²) in [6, 6.07) is 22.5. The molecule has 0 unspecified atom stereocenters. The number of methoxy groups -OCH3 is 2. The highest BCUT2D eigenvalue weighted by Gasteiger charge is 2.19. The lowest BCUT2D eigenvalue weighted by molar-refractivity contribution is 0.0951. The first-order chi connectivity index (χ1) is 18.5. The first kappa shape index (κ1) is 25.0. The summed E-state index contributed by atoms with van der Waals surface area (Å²) in [5, 5.41) is 16.6. The molecule has 1 N–H and O–H groups in total. The van der Waals surface area contributed by atoms with Gasteiger partial charge < -0.3 is 14.8 Å². The molecule has 0 bridgehead atoms. The zero-order chi connectivity index (χ0) is 26.5. The van der Waals surface area contributed by atoms with E-state index < -0.39 is 0 Å². The standard InChI is InChI=1S/C28H25ClN6O3/c1-37-24-12-19(13-25(14-24)38-2)16-34-17-22(31-33-34)15-30-28(36)26-18-35(23-6-4-3-5-7-23)32-27(26)20-8-10-21(29)11-9-20/h3-14,17-18H,15-16H2,1-2H3,(H,30,36). The average Bonchev–Trinajstić information content (AvgIpc) is 3.60. The molecule has 0 fully saturated rings. The van der Waals surface area contributed by atoms with Gasteiger partial charge in [-0.25, -0.2) is 9.36 Å². The quantitative estimate of drug-likeness (QED) is 0.296. The molecule has 38 heavy (non-hydrogen) atoms. The van der Waals surface area contributed by atoms with Gasteiger partial charge in [-0.15, -0.1) is 5.10 Å². The van der Waals surface area contributed by atoms with E-state index in [1.165, 1.54) is 0 Å². The molecule has 9 nitrogen and oxygen atoms in total. The summed E-state index contributed by atoms with van der Waals surface area (Å²) >= 11 is 6.07. The van der Waals surface area contributed by atoms with Crippen molar-refractivity contribution in [1.29, 1.82) is 0 Å². The minimum atomic E-state index is -0.274. The van der Waals surface area contributed by atoms with E-state index in [-0.39, 0.29) is 12.5 Å². The van der Waals surface area contributed by atoms with Crippen molar-refractivity contribution in [2.24, 2.45) is 0 Å². The zero-order valence-corrected chi connectivity index (χ0v) is 21.6. The summed E-state index contributed by atoms with van der Waals surface area (Å²) < 4.78 is 14.1. The second-order valence-corrected chi connectivity index (χ2v) is 8.93. The Bertz CT molecular complexity index is 1520. The van der Waals surface area contributed by atoms with Crippen molar-refractivity contribution in [3.8, 4) is 28.4 Å². The number of nitrogens with one attached hydrogen (secondary N) is 1. The molecule has 5 rings (SSSR count). The molecule has 0 saturated carbocycles. The van der Waals surface area contributed by atoms with Gasteiger partial charge in [-0.3, -0.25) is 4.79 Å². The van der Waals surface area contributed by atoms with Crippen LogP contribution in [0.3, 0.4) is 0 Å². The third kappa shape index (κ3) is 5.68. The van der Waals surface area contributed by atoms with Gasteiger partial charge in [0.05, 0.1) is 44.8 Å². The molecule has 0 aliphatic carbocycles. The molecule has 0 atom stereocenters. The lowest BCUT2D eigenvalue weighted by atomic mass is 10.1. The van der Waals surface area contributed by atoms with Gasteiger partial charge in [0.15, 0.2) is 0 Å². The van der Waals surface area contributed by atoms with Crippen LogP contribution >= 0.6 is 11.6 Å². The van der Waals surface area contributed by atoms with Gasteiger partial charge in [0, 0.05) is 22.8 Å². The van der Waals surface area contributed by atoms with Crippen LogP contribution in [-0.4, -0.2) is 44.9 Å². The van der Waals surface area contributed by atoms with E-state index in [0.29, 0.717) is 40.0 Å². The number of nitrogens with zero attached hydrogens (tertiary/aromatic N) is 5. The van der Waals surface area contributed by atoms with E-state index in [4.69, 9.17) is 26.2 Å². The minimum Gasteiger partial charge on any atom is -0.497 e. The highest BCUT2D eigenvalue weighted by Crippen LogP contribution is 2.26. The Labute approximate surface area is 224 Å². The second kappa shape index (κ2) is 11.2. The molecular formula is C28H25ClN6O3. The second-order valence-electron chi connectivity index (χ2n) is 8.49. The fourth-order valence-corrected chi connectivity index (χ4v) is 4.11. The molecule has 192 valence electrons. The molecule has 0 saturated heterocycles. The summed E-state index contributed by atoms with van der Waals surface area (Å²) in [6.07, 6.45) is 3.52. The third-order valence-corrected chi connectivity index (χ3v) is 6.12. The molecule has 2 heterocycles. The SMILES string of the molecule is COc1cc(Cn2cc(CNC(=O)c3cn(-c4ccccc4)nc3-c3ccc(Cl)cc3)nn2)cc(OC)c1. The van der Waals surface area contributed by atoms with Crippen LogP contribution in [0.2, 0.25) is 5.02 Å². The molecule has 10 heteroatoms. The van der Waals surface area contributed by atoms with Crippen LogP contribution < -0.4 is 14.8 Å². The summed E-state index contributed by atoms with van der Waals surface area (Å²) in [6.45, 7) is 0.676. The number of ether oxygens (including phenoxy) is 2. The molecule has 3 aromatic carbocycles. The number of amides is 1. The molecule has 0 radical (unpaired) electrons. The number of para-hydroxylation sites is 1. The van der Waals surface area contributed by atoms with E-state index in [1.807, 2.05) is 60.7 Å². The molecule has 0 spiro atoms. The third-order valence-electron chi connectivity index (χ3n) is 5.87. The maximum Gasteiger partial charge on any atom is 0.255 e. The first-order valence-corrected chi connectivity index (χ1v) is 12.2. The summed E-state index contributed by atoms with van der Waals surface area (Å²) in [5.74, 6) is 1.11. The lowest BCUT2D eigenvalue weighted by Crippen LogP contribution is -2.23. The zero-order valence-electron chi connectivity index (χ0n) is 20.8. The van der Waals surface area contributed by atoms with Gasteiger partial charge >= 0.3 is 0 Å². The molecule has 0 aliphatic rings.